The maximum atomic E-state index is 11.7. The molecule has 2 rings (SSSR count). The Balaban J connectivity index is 2.03. The van der Waals surface area contributed by atoms with Gasteiger partial charge in [0.1, 0.15) is 6.10 Å². The molecule has 1 fully saturated rings. The zero-order chi connectivity index (χ0) is 11.8. The number of aryl methyl sites for hydroxylation is 1. The zero-order valence-electron chi connectivity index (χ0n) is 9.21. The summed E-state index contributed by atoms with van der Waals surface area (Å²) in [6.45, 7) is 3.88. The van der Waals surface area contributed by atoms with Crippen LogP contribution in [-0.4, -0.2) is 27.2 Å². The number of hydrogen-bond donors (Lipinski definition) is 0. The van der Waals surface area contributed by atoms with Crippen molar-refractivity contribution in [2.45, 2.75) is 31.0 Å². The van der Waals surface area contributed by atoms with Gasteiger partial charge in [-0.1, -0.05) is 17.7 Å². The highest BCUT2D eigenvalue weighted by atomic mass is 32.2. The fraction of sp³-hybridized carbons (Fsp3) is 0.455. The monoisotopic (exact) mass is 242 g/mol. The van der Waals surface area contributed by atoms with E-state index in [0.29, 0.717) is 0 Å². The molecule has 0 aliphatic carbocycles. The summed E-state index contributed by atoms with van der Waals surface area (Å²) in [6, 6.07) is 6.57. The van der Waals surface area contributed by atoms with Gasteiger partial charge in [-0.15, -0.1) is 0 Å². The van der Waals surface area contributed by atoms with Gasteiger partial charge < -0.3 is 4.74 Å². The Morgan fingerprint density at radius 1 is 1.31 bits per heavy atom. The van der Waals surface area contributed by atoms with Crippen LogP contribution in [0.2, 0.25) is 0 Å². The molecule has 2 atom stereocenters. The smallest absolute Gasteiger partial charge is 0.297 e. The quantitative estimate of drug-likeness (QED) is 0.593. The summed E-state index contributed by atoms with van der Waals surface area (Å²) in [4.78, 5) is 0.186. The molecule has 5 heteroatoms. The van der Waals surface area contributed by atoms with Gasteiger partial charge in [-0.2, -0.15) is 8.42 Å². The van der Waals surface area contributed by atoms with Gasteiger partial charge in [-0.3, -0.25) is 4.18 Å². The molecular formula is C11H14O4S. The van der Waals surface area contributed by atoms with Crippen LogP contribution in [0.4, 0.5) is 0 Å². The molecule has 0 bridgehead atoms. The molecule has 0 saturated carbocycles. The van der Waals surface area contributed by atoms with E-state index in [4.69, 9.17) is 8.92 Å². The highest BCUT2D eigenvalue weighted by molar-refractivity contribution is 7.86. The number of ether oxygens (including phenoxy) is 1. The number of benzene rings is 1. The van der Waals surface area contributed by atoms with Gasteiger partial charge in [0.05, 0.1) is 17.6 Å². The highest BCUT2D eigenvalue weighted by Crippen LogP contribution is 2.23. The fourth-order valence-corrected chi connectivity index (χ4v) is 2.25. The van der Waals surface area contributed by atoms with Crippen LogP contribution in [0.15, 0.2) is 29.2 Å². The molecule has 0 N–H and O–H groups in total. The van der Waals surface area contributed by atoms with Crippen molar-refractivity contribution in [1.29, 1.82) is 0 Å². The lowest BCUT2D eigenvalue weighted by Gasteiger charge is -2.04. The fourth-order valence-electron chi connectivity index (χ4n) is 1.33. The molecule has 0 aromatic heterocycles. The number of hydrogen-bond acceptors (Lipinski definition) is 4. The van der Waals surface area contributed by atoms with Crippen LogP contribution in [0.25, 0.3) is 0 Å². The summed E-state index contributed by atoms with van der Waals surface area (Å²) in [5, 5.41) is 0. The Hall–Kier alpha value is -0.910. The molecule has 0 spiro atoms. The van der Waals surface area contributed by atoms with E-state index in [1.165, 1.54) is 0 Å². The second kappa shape index (κ2) is 4.16. The van der Waals surface area contributed by atoms with E-state index in [1.807, 2.05) is 13.8 Å². The van der Waals surface area contributed by atoms with Crippen molar-refractivity contribution in [3.05, 3.63) is 29.8 Å². The minimum Gasteiger partial charge on any atom is -0.367 e. The average molecular weight is 242 g/mol. The number of epoxide rings is 1. The van der Waals surface area contributed by atoms with E-state index in [-0.39, 0.29) is 23.7 Å². The molecule has 1 aromatic rings. The van der Waals surface area contributed by atoms with Gasteiger partial charge in [0.15, 0.2) is 0 Å². The molecule has 1 saturated heterocycles. The van der Waals surface area contributed by atoms with Crippen LogP contribution in [0.3, 0.4) is 0 Å². The van der Waals surface area contributed by atoms with Crippen LogP contribution in [0.1, 0.15) is 12.5 Å². The Morgan fingerprint density at radius 3 is 2.38 bits per heavy atom. The zero-order valence-corrected chi connectivity index (χ0v) is 10.0. The molecule has 0 unspecified atom stereocenters. The van der Waals surface area contributed by atoms with Crippen molar-refractivity contribution in [2.75, 3.05) is 6.61 Å². The summed E-state index contributed by atoms with van der Waals surface area (Å²) >= 11 is 0. The third-order valence-corrected chi connectivity index (χ3v) is 3.83. The molecule has 16 heavy (non-hydrogen) atoms. The highest BCUT2D eigenvalue weighted by Gasteiger charge is 2.35. The summed E-state index contributed by atoms with van der Waals surface area (Å²) in [6.07, 6.45) is 0.0217. The minimum absolute atomic E-state index is 0.0831. The van der Waals surface area contributed by atoms with Gasteiger partial charge >= 0.3 is 0 Å². The summed E-state index contributed by atoms with van der Waals surface area (Å²) in [5.74, 6) is 0. The van der Waals surface area contributed by atoms with E-state index in [9.17, 15) is 8.42 Å². The molecular weight excluding hydrogens is 228 g/mol. The van der Waals surface area contributed by atoms with Crippen molar-refractivity contribution in [2.24, 2.45) is 0 Å². The summed E-state index contributed by atoms with van der Waals surface area (Å²) in [5.41, 5.74) is 1.01. The Kier molecular flexibility index (Phi) is 3.01. The predicted octanol–water partition coefficient (Wildman–Crippen LogP) is 1.49. The Morgan fingerprint density at radius 2 is 1.88 bits per heavy atom. The van der Waals surface area contributed by atoms with Crippen LogP contribution in [0.5, 0.6) is 0 Å². The van der Waals surface area contributed by atoms with E-state index in [1.54, 1.807) is 24.3 Å². The molecule has 0 amide bonds. The van der Waals surface area contributed by atoms with E-state index in [2.05, 4.69) is 0 Å². The van der Waals surface area contributed by atoms with Crippen molar-refractivity contribution in [3.63, 3.8) is 0 Å². The molecule has 1 aromatic carbocycles. The second-order valence-electron chi connectivity index (χ2n) is 3.93. The third-order valence-electron chi connectivity index (χ3n) is 2.53. The van der Waals surface area contributed by atoms with E-state index >= 15 is 0 Å². The molecule has 0 radical (unpaired) electrons. The largest absolute Gasteiger partial charge is 0.367 e. The molecule has 1 aliphatic heterocycles. The first-order chi connectivity index (χ1) is 7.49. The first kappa shape index (κ1) is 11.6. The lowest BCUT2D eigenvalue weighted by Crippen LogP contribution is -2.11. The Labute approximate surface area is 95.3 Å². The predicted molar refractivity (Wildman–Crippen MR) is 58.7 cm³/mol. The van der Waals surface area contributed by atoms with Crippen molar-refractivity contribution >= 4 is 10.1 Å². The summed E-state index contributed by atoms with van der Waals surface area (Å²) < 4.78 is 33.4. The maximum absolute atomic E-state index is 11.7. The van der Waals surface area contributed by atoms with Gasteiger partial charge in [0, 0.05) is 0 Å². The second-order valence-corrected chi connectivity index (χ2v) is 5.55. The van der Waals surface area contributed by atoms with Crippen LogP contribution in [0, 0.1) is 6.92 Å². The van der Waals surface area contributed by atoms with Gasteiger partial charge in [0.25, 0.3) is 10.1 Å². The van der Waals surface area contributed by atoms with Crippen LogP contribution >= 0.6 is 0 Å². The summed E-state index contributed by atoms with van der Waals surface area (Å²) in [7, 11) is -3.64. The van der Waals surface area contributed by atoms with E-state index in [0.717, 1.165) is 5.56 Å². The molecule has 1 heterocycles. The average Bonchev–Trinajstić information content (AvgIpc) is 2.93. The van der Waals surface area contributed by atoms with Gasteiger partial charge in [0.2, 0.25) is 0 Å². The molecule has 4 nitrogen and oxygen atoms in total. The topological polar surface area (TPSA) is 55.9 Å². The standard InChI is InChI=1S/C11H14O4S/c1-8-3-5-10(6-4-8)16(12,13)14-7-11-9(2)15-11/h3-6,9,11H,7H2,1-2H3/t9-,11+/m1/s1. The van der Waals surface area contributed by atoms with Crippen LogP contribution < -0.4 is 0 Å². The molecule has 88 valence electrons. The maximum Gasteiger partial charge on any atom is 0.297 e. The van der Waals surface area contributed by atoms with Crippen molar-refractivity contribution < 1.29 is 17.3 Å². The lowest BCUT2D eigenvalue weighted by molar-refractivity contribution is 0.264. The Bertz CT molecular complexity index is 463. The lowest BCUT2D eigenvalue weighted by atomic mass is 10.2. The first-order valence-corrected chi connectivity index (χ1v) is 6.51. The SMILES string of the molecule is Cc1ccc(S(=O)(=O)OC[C@@H]2O[C@@H]2C)cc1. The molecule has 1 aliphatic rings. The van der Waals surface area contributed by atoms with Gasteiger partial charge in [-0.25, -0.2) is 0 Å². The van der Waals surface area contributed by atoms with Crippen molar-refractivity contribution in [1.82, 2.24) is 0 Å². The number of rotatable bonds is 4. The normalized spacial score (nSPS) is 24.4. The van der Waals surface area contributed by atoms with Crippen LogP contribution in [-0.2, 0) is 19.0 Å². The minimum atomic E-state index is -3.64. The first-order valence-electron chi connectivity index (χ1n) is 5.10. The van der Waals surface area contributed by atoms with Gasteiger partial charge in [-0.05, 0) is 26.0 Å². The van der Waals surface area contributed by atoms with Crippen molar-refractivity contribution in [3.8, 4) is 0 Å². The third kappa shape index (κ3) is 2.61. The van der Waals surface area contributed by atoms with E-state index < -0.39 is 10.1 Å².